The van der Waals surface area contributed by atoms with E-state index in [0.29, 0.717) is 11.5 Å². The standard InChI is InChI=1S/C19H18F6N4S/c20-18(21,22)12-6-9-29(10-7-12)16-15(5-2-8-26-16)28-17(30)27-14-4-1-3-13(11-14)19(23,24)25/h1-5,8,11-12H,6-7,9-10H2,(H2,27,28,30). The molecule has 4 nitrogen and oxygen atoms in total. The highest BCUT2D eigenvalue weighted by molar-refractivity contribution is 7.80. The van der Waals surface area contributed by atoms with E-state index >= 15 is 0 Å². The van der Waals surface area contributed by atoms with Crippen LogP contribution in [-0.4, -0.2) is 29.4 Å². The quantitative estimate of drug-likeness (QED) is 0.467. The number of nitrogens with one attached hydrogen (secondary N) is 2. The molecule has 0 atom stereocenters. The smallest absolute Gasteiger partial charge is 0.355 e. The minimum atomic E-state index is -4.48. The molecule has 2 heterocycles. The number of aromatic nitrogens is 1. The molecule has 1 aliphatic heterocycles. The summed E-state index contributed by atoms with van der Waals surface area (Å²) in [6.07, 6.45) is -7.25. The fourth-order valence-electron chi connectivity index (χ4n) is 3.22. The van der Waals surface area contributed by atoms with Gasteiger partial charge in [0.15, 0.2) is 10.9 Å². The lowest BCUT2D eigenvalue weighted by Gasteiger charge is -2.34. The van der Waals surface area contributed by atoms with Crippen LogP contribution < -0.4 is 15.5 Å². The van der Waals surface area contributed by atoms with E-state index in [4.69, 9.17) is 12.2 Å². The van der Waals surface area contributed by atoms with Crippen LogP contribution in [0.4, 0.5) is 43.5 Å². The van der Waals surface area contributed by atoms with Gasteiger partial charge in [0.05, 0.1) is 17.2 Å². The highest BCUT2D eigenvalue weighted by Gasteiger charge is 2.41. The molecule has 2 aromatic rings. The van der Waals surface area contributed by atoms with Gasteiger partial charge in [0.2, 0.25) is 0 Å². The number of halogens is 6. The average molecular weight is 448 g/mol. The van der Waals surface area contributed by atoms with Gasteiger partial charge in [-0.3, -0.25) is 0 Å². The van der Waals surface area contributed by atoms with Gasteiger partial charge in [-0.25, -0.2) is 4.98 Å². The van der Waals surface area contributed by atoms with Crippen molar-refractivity contribution in [3.05, 3.63) is 48.2 Å². The topological polar surface area (TPSA) is 40.2 Å². The number of hydrogen-bond donors (Lipinski definition) is 2. The third-order valence-electron chi connectivity index (χ3n) is 4.74. The summed E-state index contributed by atoms with van der Waals surface area (Å²) in [7, 11) is 0. The number of nitrogens with zero attached hydrogens (tertiary/aromatic N) is 2. The Kier molecular flexibility index (Phi) is 6.39. The maximum atomic E-state index is 12.9. The second-order valence-corrected chi connectivity index (χ2v) is 7.24. The zero-order chi connectivity index (χ0) is 21.9. The van der Waals surface area contributed by atoms with E-state index in [1.807, 2.05) is 0 Å². The normalized spacial score (nSPS) is 15.7. The summed E-state index contributed by atoms with van der Waals surface area (Å²) in [4.78, 5) is 5.98. The Morgan fingerprint density at radius 2 is 1.70 bits per heavy atom. The average Bonchev–Trinajstić information content (AvgIpc) is 2.67. The number of hydrogen-bond acceptors (Lipinski definition) is 3. The second kappa shape index (κ2) is 8.66. The SMILES string of the molecule is FC(F)(F)c1cccc(NC(=S)Nc2cccnc2N2CCC(C(F)(F)F)CC2)c1. The van der Waals surface area contributed by atoms with Crippen molar-refractivity contribution < 1.29 is 26.3 Å². The van der Waals surface area contributed by atoms with Gasteiger partial charge in [0, 0.05) is 25.0 Å². The van der Waals surface area contributed by atoms with Crippen LogP contribution in [0.1, 0.15) is 18.4 Å². The summed E-state index contributed by atoms with van der Waals surface area (Å²) in [6.45, 7) is 0.368. The van der Waals surface area contributed by atoms with Gasteiger partial charge in [-0.1, -0.05) is 6.07 Å². The number of alkyl halides is 6. The molecule has 11 heteroatoms. The Balaban J connectivity index is 1.68. The predicted octanol–water partition coefficient (Wildman–Crippen LogP) is 5.69. The highest BCUT2D eigenvalue weighted by Crippen LogP contribution is 2.36. The molecule has 1 fully saturated rings. The molecule has 0 radical (unpaired) electrons. The maximum absolute atomic E-state index is 12.9. The first-order valence-corrected chi connectivity index (χ1v) is 9.47. The van der Waals surface area contributed by atoms with Crippen LogP contribution in [0.2, 0.25) is 0 Å². The Morgan fingerprint density at radius 1 is 1.00 bits per heavy atom. The van der Waals surface area contributed by atoms with E-state index in [-0.39, 0.29) is 36.7 Å². The minimum Gasteiger partial charge on any atom is -0.355 e. The molecule has 0 amide bonds. The van der Waals surface area contributed by atoms with Gasteiger partial charge in [-0.05, 0) is 55.4 Å². The molecular weight excluding hydrogens is 430 g/mol. The van der Waals surface area contributed by atoms with Gasteiger partial charge in [-0.15, -0.1) is 0 Å². The van der Waals surface area contributed by atoms with Crippen molar-refractivity contribution in [1.82, 2.24) is 4.98 Å². The molecule has 0 aliphatic carbocycles. The van der Waals surface area contributed by atoms with Crippen LogP contribution >= 0.6 is 12.2 Å². The van der Waals surface area contributed by atoms with Crippen LogP contribution in [0.5, 0.6) is 0 Å². The molecule has 0 saturated carbocycles. The maximum Gasteiger partial charge on any atom is 0.416 e. The Bertz CT molecular complexity index is 891. The number of pyridine rings is 1. The van der Waals surface area contributed by atoms with E-state index in [0.717, 1.165) is 12.1 Å². The van der Waals surface area contributed by atoms with Crippen molar-refractivity contribution in [2.45, 2.75) is 25.2 Å². The van der Waals surface area contributed by atoms with Crippen LogP contribution in [0, 0.1) is 5.92 Å². The highest BCUT2D eigenvalue weighted by atomic mass is 32.1. The van der Waals surface area contributed by atoms with Crippen molar-refractivity contribution >= 4 is 34.5 Å². The van der Waals surface area contributed by atoms with Crippen molar-refractivity contribution in [2.75, 3.05) is 28.6 Å². The molecular formula is C19H18F6N4S. The van der Waals surface area contributed by atoms with E-state index in [1.54, 1.807) is 17.0 Å². The molecule has 1 aromatic heterocycles. The molecule has 1 aliphatic rings. The summed E-state index contributed by atoms with van der Waals surface area (Å²) in [6, 6.07) is 7.86. The van der Waals surface area contributed by atoms with Gasteiger partial charge >= 0.3 is 12.4 Å². The largest absolute Gasteiger partial charge is 0.416 e. The third-order valence-corrected chi connectivity index (χ3v) is 4.94. The predicted molar refractivity (Wildman–Crippen MR) is 107 cm³/mol. The number of benzene rings is 1. The lowest BCUT2D eigenvalue weighted by Crippen LogP contribution is -2.39. The summed E-state index contributed by atoms with van der Waals surface area (Å²) in [5.41, 5.74) is -0.212. The van der Waals surface area contributed by atoms with Crippen LogP contribution in [0.15, 0.2) is 42.6 Å². The number of thiocarbonyl (C=S) groups is 1. The molecule has 30 heavy (non-hydrogen) atoms. The van der Waals surface area contributed by atoms with Gasteiger partial charge in [0.25, 0.3) is 0 Å². The summed E-state index contributed by atoms with van der Waals surface area (Å²) >= 11 is 5.18. The molecule has 2 N–H and O–H groups in total. The van der Waals surface area contributed by atoms with Crippen molar-refractivity contribution in [1.29, 1.82) is 0 Å². The van der Waals surface area contributed by atoms with Crippen LogP contribution in [-0.2, 0) is 6.18 Å². The Morgan fingerprint density at radius 3 is 2.33 bits per heavy atom. The van der Waals surface area contributed by atoms with E-state index in [9.17, 15) is 26.3 Å². The lowest BCUT2D eigenvalue weighted by molar-refractivity contribution is -0.179. The Hall–Kier alpha value is -2.56. The lowest BCUT2D eigenvalue weighted by atomic mass is 9.96. The second-order valence-electron chi connectivity index (χ2n) is 6.84. The molecule has 0 unspecified atom stereocenters. The van der Waals surface area contributed by atoms with E-state index in [2.05, 4.69) is 15.6 Å². The first kappa shape index (κ1) is 22.1. The third kappa shape index (κ3) is 5.53. The minimum absolute atomic E-state index is 0.0353. The molecule has 0 bridgehead atoms. The van der Waals surface area contributed by atoms with E-state index < -0.39 is 23.8 Å². The zero-order valence-electron chi connectivity index (χ0n) is 15.5. The van der Waals surface area contributed by atoms with Crippen molar-refractivity contribution in [3.63, 3.8) is 0 Å². The molecule has 3 rings (SSSR count). The molecule has 1 saturated heterocycles. The zero-order valence-corrected chi connectivity index (χ0v) is 16.3. The molecule has 162 valence electrons. The van der Waals surface area contributed by atoms with Crippen molar-refractivity contribution in [3.8, 4) is 0 Å². The first-order chi connectivity index (χ1) is 14.0. The van der Waals surface area contributed by atoms with Crippen LogP contribution in [0.3, 0.4) is 0 Å². The number of anilines is 3. The molecule has 1 aromatic carbocycles. The first-order valence-electron chi connectivity index (χ1n) is 9.06. The van der Waals surface area contributed by atoms with Crippen molar-refractivity contribution in [2.24, 2.45) is 5.92 Å². The van der Waals surface area contributed by atoms with Crippen LogP contribution in [0.25, 0.3) is 0 Å². The Labute approximate surface area is 174 Å². The number of piperidine rings is 1. The van der Waals surface area contributed by atoms with Gasteiger partial charge in [0.1, 0.15) is 0 Å². The fraction of sp³-hybridized carbons (Fsp3) is 0.368. The van der Waals surface area contributed by atoms with Gasteiger partial charge < -0.3 is 15.5 Å². The fourth-order valence-corrected chi connectivity index (χ4v) is 3.45. The molecule has 0 spiro atoms. The monoisotopic (exact) mass is 448 g/mol. The van der Waals surface area contributed by atoms with Gasteiger partial charge in [-0.2, -0.15) is 26.3 Å². The summed E-state index contributed by atoms with van der Waals surface area (Å²) < 4.78 is 77.2. The van der Waals surface area contributed by atoms with E-state index in [1.165, 1.54) is 18.3 Å². The summed E-state index contributed by atoms with van der Waals surface area (Å²) in [5, 5.41) is 5.59. The number of rotatable bonds is 3. The summed E-state index contributed by atoms with van der Waals surface area (Å²) in [5.74, 6) is -0.899.